The SMILES string of the molecule is c1ccc(-c2ccc(-c3ccccc3)c(N(c3ccccc3)c3cc4c(c5ccccc35)-c3cc5ccccc5cc3C43c4ccccc4-c4ccccc43)c2)cc1. The highest BCUT2D eigenvalue weighted by molar-refractivity contribution is 6.14. The second kappa shape index (κ2) is 12.8. The topological polar surface area (TPSA) is 3.24 Å². The summed E-state index contributed by atoms with van der Waals surface area (Å²) in [6.07, 6.45) is 0. The van der Waals surface area contributed by atoms with E-state index in [0.717, 1.165) is 17.1 Å². The Morgan fingerprint density at radius 2 is 0.845 bits per heavy atom. The maximum atomic E-state index is 2.55. The van der Waals surface area contributed by atoms with Crippen molar-refractivity contribution in [3.63, 3.8) is 0 Å². The number of rotatable bonds is 5. The Morgan fingerprint density at radius 3 is 1.53 bits per heavy atom. The van der Waals surface area contributed by atoms with Crippen molar-refractivity contribution in [1.82, 2.24) is 0 Å². The zero-order chi connectivity index (χ0) is 38.2. The van der Waals surface area contributed by atoms with Gasteiger partial charge in [-0.25, -0.2) is 0 Å². The molecule has 0 N–H and O–H groups in total. The van der Waals surface area contributed by atoms with Crippen molar-refractivity contribution >= 4 is 38.6 Å². The van der Waals surface area contributed by atoms with E-state index in [2.05, 4.69) is 229 Å². The first-order valence-electron chi connectivity index (χ1n) is 20.2. The largest absolute Gasteiger partial charge is 0.309 e. The molecule has 0 unspecified atom stereocenters. The minimum absolute atomic E-state index is 0.517. The molecule has 0 radical (unpaired) electrons. The van der Waals surface area contributed by atoms with Crippen molar-refractivity contribution < 1.29 is 0 Å². The third-order valence-corrected chi connectivity index (χ3v) is 12.6. The van der Waals surface area contributed by atoms with Crippen LogP contribution in [0.2, 0.25) is 0 Å². The quantitative estimate of drug-likeness (QED) is 0.170. The second-order valence-electron chi connectivity index (χ2n) is 15.6. The maximum Gasteiger partial charge on any atom is 0.0726 e. The highest BCUT2D eigenvalue weighted by Crippen LogP contribution is 2.65. The predicted octanol–water partition coefficient (Wildman–Crippen LogP) is 15.1. The molecule has 0 aromatic heterocycles. The first kappa shape index (κ1) is 32.7. The monoisotopic (exact) mass is 735 g/mol. The normalized spacial score (nSPS) is 13.0. The number of hydrogen-bond donors (Lipinski definition) is 0. The van der Waals surface area contributed by atoms with Crippen LogP contribution in [0.25, 0.3) is 66.1 Å². The Bertz CT molecular complexity index is 3170. The van der Waals surface area contributed by atoms with Crippen LogP contribution in [0, 0.1) is 0 Å². The molecule has 2 aliphatic carbocycles. The molecule has 1 heteroatoms. The number of hydrogen-bond acceptors (Lipinski definition) is 1. The highest BCUT2D eigenvalue weighted by atomic mass is 15.1. The van der Waals surface area contributed by atoms with Crippen LogP contribution in [0.15, 0.2) is 224 Å². The zero-order valence-electron chi connectivity index (χ0n) is 31.8. The van der Waals surface area contributed by atoms with Crippen LogP contribution in [0.3, 0.4) is 0 Å². The van der Waals surface area contributed by atoms with Crippen LogP contribution < -0.4 is 4.90 Å². The van der Waals surface area contributed by atoms with Crippen molar-refractivity contribution in [2.45, 2.75) is 5.41 Å². The number of benzene rings is 10. The molecular weight excluding hydrogens is 699 g/mol. The van der Waals surface area contributed by atoms with Crippen molar-refractivity contribution in [3.8, 4) is 44.5 Å². The molecule has 58 heavy (non-hydrogen) atoms. The summed E-state index contributed by atoms with van der Waals surface area (Å²) in [4.78, 5) is 2.53. The Labute approximate surface area is 338 Å². The van der Waals surface area contributed by atoms with Gasteiger partial charge in [0.15, 0.2) is 0 Å². The van der Waals surface area contributed by atoms with E-state index in [1.54, 1.807) is 0 Å². The van der Waals surface area contributed by atoms with Crippen LogP contribution in [0.1, 0.15) is 22.3 Å². The van der Waals surface area contributed by atoms with Gasteiger partial charge in [-0.05, 0) is 114 Å². The van der Waals surface area contributed by atoms with Gasteiger partial charge in [-0.1, -0.05) is 188 Å². The van der Waals surface area contributed by atoms with Gasteiger partial charge >= 0.3 is 0 Å². The van der Waals surface area contributed by atoms with E-state index < -0.39 is 5.41 Å². The van der Waals surface area contributed by atoms with E-state index in [9.17, 15) is 0 Å². The van der Waals surface area contributed by atoms with E-state index >= 15 is 0 Å². The molecule has 1 spiro atoms. The van der Waals surface area contributed by atoms with Gasteiger partial charge in [0.05, 0.1) is 16.8 Å². The number of fused-ring (bicyclic) bond motifs is 13. The van der Waals surface area contributed by atoms with E-state index in [1.165, 1.54) is 88.3 Å². The van der Waals surface area contributed by atoms with Crippen molar-refractivity contribution in [1.29, 1.82) is 0 Å². The maximum absolute atomic E-state index is 2.55. The molecule has 0 fully saturated rings. The zero-order valence-corrected chi connectivity index (χ0v) is 31.8. The van der Waals surface area contributed by atoms with Gasteiger partial charge in [0.25, 0.3) is 0 Å². The average molecular weight is 736 g/mol. The minimum atomic E-state index is -0.517. The molecular formula is C57H37N. The van der Waals surface area contributed by atoms with E-state index in [-0.39, 0.29) is 0 Å². The molecule has 0 aliphatic heterocycles. The lowest BCUT2D eigenvalue weighted by molar-refractivity contribution is 0.795. The van der Waals surface area contributed by atoms with Crippen LogP contribution in [0.5, 0.6) is 0 Å². The molecule has 10 aromatic rings. The van der Waals surface area contributed by atoms with Gasteiger partial charge in [-0.15, -0.1) is 0 Å². The summed E-state index contributed by atoms with van der Waals surface area (Å²) in [5.41, 5.74) is 18.2. The van der Waals surface area contributed by atoms with Crippen LogP contribution in [-0.2, 0) is 5.41 Å². The number of para-hydroxylation sites is 1. The van der Waals surface area contributed by atoms with Gasteiger partial charge in [-0.2, -0.15) is 0 Å². The van der Waals surface area contributed by atoms with Gasteiger partial charge in [0.1, 0.15) is 0 Å². The molecule has 270 valence electrons. The Hall–Kier alpha value is -7.48. The van der Waals surface area contributed by atoms with Crippen LogP contribution in [0.4, 0.5) is 17.1 Å². The van der Waals surface area contributed by atoms with Gasteiger partial charge in [0.2, 0.25) is 0 Å². The average Bonchev–Trinajstić information content (AvgIpc) is 3.76. The summed E-state index contributed by atoms with van der Waals surface area (Å²) in [5.74, 6) is 0. The van der Waals surface area contributed by atoms with Crippen molar-refractivity contribution in [2.24, 2.45) is 0 Å². The number of anilines is 3. The lowest BCUT2D eigenvalue weighted by atomic mass is 9.70. The summed E-state index contributed by atoms with van der Waals surface area (Å²) >= 11 is 0. The molecule has 12 rings (SSSR count). The summed E-state index contributed by atoms with van der Waals surface area (Å²) in [5, 5.41) is 4.99. The molecule has 0 heterocycles. The smallest absolute Gasteiger partial charge is 0.0726 e. The highest BCUT2D eigenvalue weighted by Gasteiger charge is 2.52. The van der Waals surface area contributed by atoms with Crippen molar-refractivity contribution in [3.05, 3.63) is 247 Å². The molecule has 0 atom stereocenters. The Balaban J connectivity index is 1.24. The molecule has 0 saturated carbocycles. The Morgan fingerprint density at radius 1 is 0.293 bits per heavy atom. The molecule has 1 nitrogen and oxygen atoms in total. The lowest BCUT2D eigenvalue weighted by Gasteiger charge is -2.34. The summed E-state index contributed by atoms with van der Waals surface area (Å²) in [7, 11) is 0. The van der Waals surface area contributed by atoms with Crippen LogP contribution >= 0.6 is 0 Å². The minimum Gasteiger partial charge on any atom is -0.309 e. The van der Waals surface area contributed by atoms with Gasteiger partial charge in [0, 0.05) is 16.6 Å². The fourth-order valence-corrected chi connectivity index (χ4v) is 10.2. The van der Waals surface area contributed by atoms with E-state index in [1.807, 2.05) is 0 Å². The van der Waals surface area contributed by atoms with E-state index in [0.29, 0.717) is 0 Å². The number of nitrogens with zero attached hydrogens (tertiary/aromatic N) is 1. The van der Waals surface area contributed by atoms with Gasteiger partial charge < -0.3 is 4.90 Å². The predicted molar refractivity (Wildman–Crippen MR) is 243 cm³/mol. The first-order valence-corrected chi connectivity index (χ1v) is 20.2. The third kappa shape index (κ3) is 4.65. The molecule has 2 aliphatic rings. The summed E-state index contributed by atoms with van der Waals surface area (Å²) in [6, 6.07) is 83.2. The molecule has 0 amide bonds. The standard InChI is InChI=1S/C57H37N/c1-4-18-38(19-5-1)42-32-33-44(39-20-6-2-7-21-39)54(36-42)58(43-24-8-3-9-25-43)55-37-53-56(48-29-13-12-28-47(48)55)49-34-40-22-10-11-23-41(40)35-52(49)57(53)50-30-16-14-26-45(50)46-27-15-17-31-51(46)57/h1-37H. The molecule has 10 aromatic carbocycles. The fourth-order valence-electron chi connectivity index (χ4n) is 10.2. The summed E-state index contributed by atoms with van der Waals surface area (Å²) < 4.78 is 0. The van der Waals surface area contributed by atoms with Gasteiger partial charge in [-0.3, -0.25) is 0 Å². The molecule has 0 saturated heterocycles. The third-order valence-electron chi connectivity index (χ3n) is 12.6. The van der Waals surface area contributed by atoms with E-state index in [4.69, 9.17) is 0 Å². The first-order chi connectivity index (χ1) is 28.8. The fraction of sp³-hybridized carbons (Fsp3) is 0.0175. The molecule has 0 bridgehead atoms. The Kier molecular flexibility index (Phi) is 7.21. The van der Waals surface area contributed by atoms with Crippen LogP contribution in [-0.4, -0.2) is 0 Å². The van der Waals surface area contributed by atoms with Crippen molar-refractivity contribution in [2.75, 3.05) is 4.90 Å². The summed E-state index contributed by atoms with van der Waals surface area (Å²) in [6.45, 7) is 0. The lowest BCUT2D eigenvalue weighted by Crippen LogP contribution is -2.26. The second-order valence-corrected chi connectivity index (χ2v) is 15.6.